The minimum absolute atomic E-state index is 0.0491. The van der Waals surface area contributed by atoms with E-state index in [1.807, 2.05) is 6.07 Å². The Morgan fingerprint density at radius 2 is 2.26 bits per heavy atom. The lowest BCUT2D eigenvalue weighted by Crippen LogP contribution is -2.47. The summed E-state index contributed by atoms with van der Waals surface area (Å²) in [6.45, 7) is 2.76. The molecule has 1 aliphatic carbocycles. The third-order valence-corrected chi connectivity index (χ3v) is 5.22. The molecule has 124 valence electrons. The van der Waals surface area contributed by atoms with E-state index in [-0.39, 0.29) is 11.9 Å². The van der Waals surface area contributed by atoms with Gasteiger partial charge in [-0.3, -0.25) is 9.69 Å². The average molecular weight is 316 g/mol. The number of fused-ring (bicyclic) bond motifs is 1. The van der Waals surface area contributed by atoms with Crippen LogP contribution in [0.1, 0.15) is 29.6 Å². The number of carbonyl (C=O) groups is 1. The molecule has 0 bridgehead atoms. The lowest BCUT2D eigenvalue weighted by atomic mass is 10.1. The van der Waals surface area contributed by atoms with Gasteiger partial charge in [-0.15, -0.1) is 0 Å². The molecule has 1 aromatic rings. The summed E-state index contributed by atoms with van der Waals surface area (Å²) in [5.74, 6) is 1.35. The van der Waals surface area contributed by atoms with Gasteiger partial charge in [0.05, 0.1) is 18.3 Å². The second-order valence-electron chi connectivity index (χ2n) is 6.87. The monoisotopic (exact) mass is 316 g/mol. The van der Waals surface area contributed by atoms with Gasteiger partial charge in [-0.05, 0) is 37.3 Å². The zero-order valence-corrected chi connectivity index (χ0v) is 13.5. The number of nitrogens with one attached hydrogen (secondary N) is 2. The van der Waals surface area contributed by atoms with Crippen LogP contribution in [-0.4, -0.2) is 60.7 Å². The van der Waals surface area contributed by atoms with Crippen molar-refractivity contribution < 1.29 is 9.53 Å². The average Bonchev–Trinajstić information content (AvgIpc) is 3.35. The number of anilines is 1. The van der Waals surface area contributed by atoms with Gasteiger partial charge in [-0.25, -0.2) is 4.98 Å². The molecule has 6 nitrogen and oxygen atoms in total. The molecule has 0 unspecified atom stereocenters. The standard InChI is InChI=1S/C17H24N4O2/c1-18-16-14(3-2-6-19-16)17(22)20-12-7-13-10-23-15(11-4-5-11)9-21(13)8-12/h2-3,6,11-13,15H,4-5,7-10H2,1H3,(H,18,19)(H,20,22)/t12-,13-,15+/m0/s1. The third-order valence-electron chi connectivity index (χ3n) is 5.22. The van der Waals surface area contributed by atoms with Crippen molar-refractivity contribution >= 4 is 11.7 Å². The highest BCUT2D eigenvalue weighted by molar-refractivity contribution is 5.98. The van der Waals surface area contributed by atoms with E-state index in [4.69, 9.17) is 4.74 Å². The van der Waals surface area contributed by atoms with E-state index in [0.717, 1.165) is 32.0 Å². The van der Waals surface area contributed by atoms with Crippen LogP contribution in [0.2, 0.25) is 0 Å². The molecule has 2 saturated heterocycles. The number of morpholine rings is 1. The molecule has 0 radical (unpaired) electrons. The van der Waals surface area contributed by atoms with Crippen LogP contribution in [0, 0.1) is 5.92 Å². The molecule has 0 spiro atoms. The Hall–Kier alpha value is -1.66. The maximum absolute atomic E-state index is 12.5. The maximum atomic E-state index is 12.5. The van der Waals surface area contributed by atoms with Gasteiger partial charge in [-0.2, -0.15) is 0 Å². The SMILES string of the molecule is CNc1ncccc1C(=O)N[C@H]1C[C@H]2CO[C@@H](C3CC3)CN2C1. The van der Waals surface area contributed by atoms with Crippen molar-refractivity contribution in [2.45, 2.75) is 37.5 Å². The zero-order chi connectivity index (χ0) is 15.8. The first-order chi connectivity index (χ1) is 11.2. The Kier molecular flexibility index (Phi) is 3.95. The first kappa shape index (κ1) is 14.9. The predicted molar refractivity (Wildman–Crippen MR) is 87.5 cm³/mol. The van der Waals surface area contributed by atoms with Crippen molar-refractivity contribution in [1.29, 1.82) is 0 Å². The van der Waals surface area contributed by atoms with Gasteiger partial charge in [0.25, 0.3) is 5.91 Å². The first-order valence-electron chi connectivity index (χ1n) is 8.54. The number of aromatic nitrogens is 1. The molecular formula is C17H24N4O2. The van der Waals surface area contributed by atoms with Crippen molar-refractivity contribution in [3.8, 4) is 0 Å². The number of amides is 1. The highest BCUT2D eigenvalue weighted by Gasteiger charge is 2.42. The van der Waals surface area contributed by atoms with Crippen molar-refractivity contribution in [1.82, 2.24) is 15.2 Å². The van der Waals surface area contributed by atoms with Crippen molar-refractivity contribution in [3.63, 3.8) is 0 Å². The van der Waals surface area contributed by atoms with Crippen LogP contribution in [0.4, 0.5) is 5.82 Å². The summed E-state index contributed by atoms with van der Waals surface area (Å²) in [4.78, 5) is 19.2. The lowest BCUT2D eigenvalue weighted by molar-refractivity contribution is -0.0581. The Morgan fingerprint density at radius 1 is 1.39 bits per heavy atom. The number of carbonyl (C=O) groups excluding carboxylic acids is 1. The van der Waals surface area contributed by atoms with Crippen molar-refractivity contribution in [2.24, 2.45) is 5.92 Å². The van der Waals surface area contributed by atoms with Crippen LogP contribution >= 0.6 is 0 Å². The van der Waals surface area contributed by atoms with E-state index in [1.54, 1.807) is 19.3 Å². The fourth-order valence-corrected chi connectivity index (χ4v) is 3.81. The summed E-state index contributed by atoms with van der Waals surface area (Å²) in [7, 11) is 1.78. The van der Waals surface area contributed by atoms with E-state index < -0.39 is 0 Å². The number of pyridine rings is 1. The van der Waals surface area contributed by atoms with Gasteiger partial charge < -0.3 is 15.4 Å². The highest BCUT2D eigenvalue weighted by atomic mass is 16.5. The molecule has 3 aliphatic rings. The molecule has 1 amide bonds. The summed E-state index contributed by atoms with van der Waals surface area (Å²) < 4.78 is 6.02. The fraction of sp³-hybridized carbons (Fsp3) is 0.647. The van der Waals surface area contributed by atoms with E-state index in [2.05, 4.69) is 20.5 Å². The Bertz CT molecular complexity index is 590. The molecule has 3 atom stereocenters. The number of hydrogen-bond donors (Lipinski definition) is 2. The molecule has 1 aromatic heterocycles. The van der Waals surface area contributed by atoms with Crippen LogP contribution in [0.25, 0.3) is 0 Å². The summed E-state index contributed by atoms with van der Waals surface area (Å²) >= 11 is 0. The van der Waals surface area contributed by atoms with Crippen LogP contribution in [-0.2, 0) is 4.74 Å². The van der Waals surface area contributed by atoms with Gasteiger partial charge in [0, 0.05) is 38.4 Å². The molecular weight excluding hydrogens is 292 g/mol. The maximum Gasteiger partial charge on any atom is 0.255 e. The van der Waals surface area contributed by atoms with Crippen LogP contribution in [0.3, 0.4) is 0 Å². The molecule has 6 heteroatoms. The van der Waals surface area contributed by atoms with Gasteiger partial charge in [0.1, 0.15) is 5.82 Å². The number of nitrogens with zero attached hydrogens (tertiary/aromatic N) is 2. The Balaban J connectivity index is 1.37. The van der Waals surface area contributed by atoms with Crippen LogP contribution in [0.5, 0.6) is 0 Å². The quantitative estimate of drug-likeness (QED) is 0.871. The minimum Gasteiger partial charge on any atom is -0.375 e. The fourth-order valence-electron chi connectivity index (χ4n) is 3.81. The number of ether oxygens (including phenoxy) is 1. The summed E-state index contributed by atoms with van der Waals surface area (Å²) in [6, 6.07) is 4.25. The van der Waals surface area contributed by atoms with E-state index in [9.17, 15) is 4.79 Å². The molecule has 4 rings (SSSR count). The third kappa shape index (κ3) is 3.05. The van der Waals surface area contributed by atoms with Gasteiger partial charge in [0.15, 0.2) is 0 Å². The Morgan fingerprint density at radius 3 is 3.04 bits per heavy atom. The summed E-state index contributed by atoms with van der Waals surface area (Å²) in [5.41, 5.74) is 0.604. The largest absolute Gasteiger partial charge is 0.375 e. The second-order valence-corrected chi connectivity index (χ2v) is 6.87. The van der Waals surface area contributed by atoms with Crippen LogP contribution < -0.4 is 10.6 Å². The molecule has 2 N–H and O–H groups in total. The first-order valence-corrected chi connectivity index (χ1v) is 8.54. The Labute approximate surface area is 136 Å². The minimum atomic E-state index is -0.0491. The van der Waals surface area contributed by atoms with E-state index in [0.29, 0.717) is 23.5 Å². The molecule has 0 aromatic carbocycles. The zero-order valence-electron chi connectivity index (χ0n) is 13.5. The van der Waals surface area contributed by atoms with Gasteiger partial charge >= 0.3 is 0 Å². The molecule has 1 saturated carbocycles. The molecule has 2 aliphatic heterocycles. The highest BCUT2D eigenvalue weighted by Crippen LogP contribution is 2.37. The predicted octanol–water partition coefficient (Wildman–Crippen LogP) is 1.10. The van der Waals surface area contributed by atoms with Gasteiger partial charge in [-0.1, -0.05) is 0 Å². The van der Waals surface area contributed by atoms with Crippen molar-refractivity contribution in [3.05, 3.63) is 23.9 Å². The number of hydrogen-bond acceptors (Lipinski definition) is 5. The van der Waals surface area contributed by atoms with E-state index >= 15 is 0 Å². The van der Waals surface area contributed by atoms with Gasteiger partial charge in [0.2, 0.25) is 0 Å². The molecule has 3 fully saturated rings. The second kappa shape index (κ2) is 6.09. The normalized spacial score (nSPS) is 30.7. The number of rotatable bonds is 4. The summed E-state index contributed by atoms with van der Waals surface area (Å²) in [5, 5.41) is 6.14. The topological polar surface area (TPSA) is 66.5 Å². The van der Waals surface area contributed by atoms with Crippen molar-refractivity contribution in [2.75, 3.05) is 32.1 Å². The smallest absolute Gasteiger partial charge is 0.255 e. The van der Waals surface area contributed by atoms with E-state index in [1.165, 1.54) is 12.8 Å². The van der Waals surface area contributed by atoms with Crippen LogP contribution in [0.15, 0.2) is 18.3 Å². The molecule has 3 heterocycles. The summed E-state index contributed by atoms with van der Waals surface area (Å²) in [6.07, 6.45) is 5.70. The molecule has 23 heavy (non-hydrogen) atoms. The lowest BCUT2D eigenvalue weighted by Gasteiger charge is -2.35.